The maximum absolute atomic E-state index is 6.94. The molecule has 0 unspecified atom stereocenters. The predicted molar refractivity (Wildman–Crippen MR) is 41.3 cm³/mol. The van der Waals surface area contributed by atoms with Gasteiger partial charge in [0.2, 0.25) is 0 Å². The van der Waals surface area contributed by atoms with Crippen molar-refractivity contribution in [1.29, 1.82) is 0 Å². The van der Waals surface area contributed by atoms with E-state index < -0.39 is 0 Å². The van der Waals surface area contributed by atoms with Crippen molar-refractivity contribution >= 4 is 17.7 Å². The van der Waals surface area contributed by atoms with Crippen molar-refractivity contribution in [3.05, 3.63) is 41.4 Å². The fourth-order valence-electron chi connectivity index (χ4n) is 0.612. The van der Waals surface area contributed by atoms with Gasteiger partial charge >= 0.3 is 0 Å². The van der Waals surface area contributed by atoms with E-state index in [1.165, 1.54) is 0 Å². The molecular weight excluding hydrogens is 132 g/mol. The Morgan fingerprint density at radius 3 is 2.56 bits per heavy atom. The van der Waals surface area contributed by atoms with E-state index in [-0.39, 0.29) is 5.51 Å². The molecule has 1 heteroatoms. The van der Waals surface area contributed by atoms with E-state index in [9.17, 15) is 0 Å². The van der Waals surface area contributed by atoms with Crippen molar-refractivity contribution in [2.45, 2.75) is 0 Å². The molecule has 0 amide bonds. The van der Waals surface area contributed by atoms with Gasteiger partial charge in [-0.3, -0.25) is 0 Å². The molecule has 0 bridgehead atoms. The Morgan fingerprint density at radius 1 is 1.33 bits per heavy atom. The normalized spacial score (nSPS) is 13.0. The summed E-state index contributed by atoms with van der Waals surface area (Å²) in [5.41, 5.74) is 1.02. The minimum absolute atomic E-state index is 0.0613. The van der Waals surface area contributed by atoms with Crippen LogP contribution in [0.4, 0.5) is 0 Å². The molecule has 0 aliphatic heterocycles. The largest absolute Gasteiger partial charge is 0.0929 e. The Morgan fingerprint density at radius 2 is 2.00 bits per heavy atom. The Hall–Kier alpha value is -0.750. The van der Waals surface area contributed by atoms with E-state index in [1.807, 2.05) is 30.3 Å². The minimum Gasteiger partial charge on any atom is -0.0929 e. The summed E-state index contributed by atoms with van der Waals surface area (Å²) in [6, 6.07) is 9.54. The van der Waals surface area contributed by atoms with Crippen LogP contribution in [0.3, 0.4) is 0 Å². The summed E-state index contributed by atoms with van der Waals surface area (Å²) in [5, 5.41) is 0. The zero-order chi connectivity index (χ0) is 7.40. The molecule has 0 saturated heterocycles. The van der Waals surface area contributed by atoms with E-state index >= 15 is 0 Å². The Kier molecular flexibility index (Phi) is 1.86. The number of hydrogen-bond donors (Lipinski definition) is 0. The first-order valence-electron chi connectivity index (χ1n) is 3.18. The molecule has 0 atom stereocenters. The van der Waals surface area contributed by atoms with Crippen molar-refractivity contribution in [2.75, 3.05) is 0 Å². The molecule has 46 valence electrons. The second-order valence-electron chi connectivity index (χ2n) is 1.66. The molecule has 0 radical (unpaired) electrons. The maximum Gasteiger partial charge on any atom is 0.0755 e. The number of hydrogen-bond acceptors (Lipinski definition) is 0. The maximum atomic E-state index is 6.94. The Balaban J connectivity index is 2.87. The topological polar surface area (TPSA) is 0 Å². The van der Waals surface area contributed by atoms with E-state index in [1.54, 1.807) is 6.08 Å². The lowest BCUT2D eigenvalue weighted by molar-refractivity contribution is 1.66. The van der Waals surface area contributed by atoms with Crippen LogP contribution in [0.1, 0.15) is 6.93 Å². The molecule has 1 aromatic carbocycles. The van der Waals surface area contributed by atoms with Crippen molar-refractivity contribution in [3.8, 4) is 0 Å². The van der Waals surface area contributed by atoms with Crippen LogP contribution in [0.15, 0.2) is 35.8 Å². The SMILES string of the molecule is [2H]/C(Cl)=C/c1ccccc1. The molecule has 0 nitrogen and oxygen atoms in total. The van der Waals surface area contributed by atoms with Gasteiger partial charge in [0.15, 0.2) is 0 Å². The molecule has 0 aromatic heterocycles. The van der Waals surface area contributed by atoms with Gasteiger partial charge in [-0.2, -0.15) is 0 Å². The molecule has 0 N–H and O–H groups in total. The number of halogens is 1. The van der Waals surface area contributed by atoms with Gasteiger partial charge in [0.05, 0.1) is 1.37 Å². The Bertz CT molecular complexity index is 224. The van der Waals surface area contributed by atoms with Crippen molar-refractivity contribution in [3.63, 3.8) is 0 Å². The molecule has 0 aliphatic carbocycles. The highest BCUT2D eigenvalue weighted by atomic mass is 35.5. The third kappa shape index (κ3) is 1.90. The second kappa shape index (κ2) is 3.31. The lowest BCUT2D eigenvalue weighted by Gasteiger charge is -1.86. The zero-order valence-electron chi connectivity index (χ0n) is 5.84. The molecule has 0 heterocycles. The van der Waals surface area contributed by atoms with Crippen molar-refractivity contribution in [1.82, 2.24) is 0 Å². The summed E-state index contributed by atoms with van der Waals surface area (Å²) >= 11 is 5.34. The first-order valence-corrected chi connectivity index (χ1v) is 3.05. The average molecular weight is 140 g/mol. The van der Waals surface area contributed by atoms with Crippen LogP contribution in [-0.4, -0.2) is 0 Å². The zero-order valence-corrected chi connectivity index (χ0v) is 5.60. The van der Waals surface area contributed by atoms with Crippen LogP contribution in [0.5, 0.6) is 0 Å². The minimum atomic E-state index is 0.0613. The number of benzene rings is 1. The van der Waals surface area contributed by atoms with E-state index in [0.717, 1.165) is 5.56 Å². The number of rotatable bonds is 1. The van der Waals surface area contributed by atoms with Crippen LogP contribution in [0, 0.1) is 0 Å². The van der Waals surface area contributed by atoms with Gasteiger partial charge in [-0.15, -0.1) is 0 Å². The van der Waals surface area contributed by atoms with Gasteiger partial charge in [-0.25, -0.2) is 0 Å². The fourth-order valence-corrected chi connectivity index (χ4v) is 0.738. The van der Waals surface area contributed by atoms with Crippen LogP contribution in [0.25, 0.3) is 6.08 Å². The van der Waals surface area contributed by atoms with E-state index in [0.29, 0.717) is 0 Å². The highest BCUT2D eigenvalue weighted by molar-refractivity contribution is 6.27. The Labute approximate surface area is 61.2 Å². The summed E-state index contributed by atoms with van der Waals surface area (Å²) in [6.45, 7) is 0. The monoisotopic (exact) mass is 139 g/mol. The van der Waals surface area contributed by atoms with Gasteiger partial charge in [-0.05, 0) is 11.6 Å². The lowest BCUT2D eigenvalue weighted by atomic mass is 10.2. The molecule has 9 heavy (non-hydrogen) atoms. The van der Waals surface area contributed by atoms with E-state index in [4.69, 9.17) is 13.0 Å². The average Bonchev–Trinajstić information content (AvgIpc) is 1.88. The second-order valence-corrected chi connectivity index (χ2v) is 1.88. The molecule has 1 aromatic rings. The van der Waals surface area contributed by atoms with Crippen LogP contribution < -0.4 is 0 Å². The summed E-state index contributed by atoms with van der Waals surface area (Å²) in [5.74, 6) is 0. The molecule has 0 spiro atoms. The van der Waals surface area contributed by atoms with E-state index in [2.05, 4.69) is 0 Å². The predicted octanol–water partition coefficient (Wildman–Crippen LogP) is 2.90. The molecular formula is C8H7Cl. The van der Waals surface area contributed by atoms with Gasteiger partial charge in [0, 0.05) is 5.51 Å². The standard InChI is InChI=1S/C8H7Cl/c9-7-6-8-4-2-1-3-5-8/h1-7H/b7-6-/i7D. The van der Waals surface area contributed by atoms with Crippen LogP contribution in [0.2, 0.25) is 0 Å². The molecule has 0 fully saturated rings. The fraction of sp³-hybridized carbons (Fsp3) is 0. The third-order valence-electron chi connectivity index (χ3n) is 1.02. The third-order valence-corrected chi connectivity index (χ3v) is 1.13. The highest BCUT2D eigenvalue weighted by Crippen LogP contribution is 2.00. The summed E-state index contributed by atoms with van der Waals surface area (Å²) in [7, 11) is 0. The molecule has 0 saturated carbocycles. The summed E-state index contributed by atoms with van der Waals surface area (Å²) in [6.07, 6.45) is 1.60. The van der Waals surface area contributed by atoms with Crippen LogP contribution >= 0.6 is 11.6 Å². The van der Waals surface area contributed by atoms with Crippen molar-refractivity contribution < 1.29 is 1.37 Å². The van der Waals surface area contributed by atoms with Gasteiger partial charge in [0.25, 0.3) is 0 Å². The van der Waals surface area contributed by atoms with Gasteiger partial charge < -0.3 is 0 Å². The quantitative estimate of drug-likeness (QED) is 0.561. The van der Waals surface area contributed by atoms with Gasteiger partial charge in [0.1, 0.15) is 0 Å². The van der Waals surface area contributed by atoms with Gasteiger partial charge in [-0.1, -0.05) is 41.9 Å². The first kappa shape index (κ1) is 5.07. The first-order chi connectivity index (χ1) is 4.79. The van der Waals surface area contributed by atoms with Crippen LogP contribution in [-0.2, 0) is 0 Å². The van der Waals surface area contributed by atoms with Crippen molar-refractivity contribution in [2.24, 2.45) is 0 Å². The smallest absolute Gasteiger partial charge is 0.0755 e. The summed E-state index contributed by atoms with van der Waals surface area (Å²) in [4.78, 5) is 0. The molecule has 0 aliphatic rings. The summed E-state index contributed by atoms with van der Waals surface area (Å²) < 4.78 is 6.94. The molecule has 1 rings (SSSR count). The lowest BCUT2D eigenvalue weighted by Crippen LogP contribution is -1.64. The highest BCUT2D eigenvalue weighted by Gasteiger charge is 1.78.